The summed E-state index contributed by atoms with van der Waals surface area (Å²) in [6.07, 6.45) is 2.29. The maximum absolute atomic E-state index is 4.07. The molecule has 0 amide bonds. The highest BCUT2D eigenvalue weighted by Gasteiger charge is 2.52. The average Bonchev–Trinajstić information content (AvgIpc) is 3.63. The molecule has 4 aliphatic rings. The summed E-state index contributed by atoms with van der Waals surface area (Å²) in [7, 11) is 2.52. The third-order valence-corrected chi connectivity index (χ3v) is 15.9. The maximum atomic E-state index is 4.07. The van der Waals surface area contributed by atoms with Crippen molar-refractivity contribution in [3.05, 3.63) is 222 Å². The Morgan fingerprint density at radius 1 is 0.403 bits per heavy atom. The highest BCUT2D eigenvalue weighted by molar-refractivity contribution is 6.74. The topological polar surface area (TPSA) is 15.3 Å². The Labute approximate surface area is 396 Å². The first-order chi connectivity index (χ1) is 32.6. The van der Waals surface area contributed by atoms with Crippen LogP contribution in [0.1, 0.15) is 75.3 Å². The zero-order chi connectivity index (χ0) is 45.2. The molecular formula is C64H52BN2. The molecule has 0 saturated heterocycles. The van der Waals surface area contributed by atoms with E-state index < -0.39 is 5.41 Å². The minimum absolute atomic E-state index is 0.0132. The number of benzene rings is 9. The molecule has 321 valence electrons. The number of hydrogen-bond acceptors (Lipinski definition) is 2. The third kappa shape index (κ3) is 5.90. The molecular weight excluding hydrogens is 808 g/mol. The number of nitrogens with zero attached hydrogens (tertiary/aromatic N) is 1. The van der Waals surface area contributed by atoms with Gasteiger partial charge in [0.1, 0.15) is 0 Å². The van der Waals surface area contributed by atoms with Crippen molar-refractivity contribution in [1.29, 1.82) is 0 Å². The molecule has 0 bridgehead atoms. The van der Waals surface area contributed by atoms with Gasteiger partial charge in [-0.15, -0.1) is 0 Å². The van der Waals surface area contributed by atoms with E-state index in [1.54, 1.807) is 0 Å². The first kappa shape index (κ1) is 40.0. The van der Waals surface area contributed by atoms with Crippen LogP contribution in [0.4, 0.5) is 28.4 Å². The van der Waals surface area contributed by atoms with Crippen molar-refractivity contribution in [2.75, 3.05) is 10.2 Å². The van der Waals surface area contributed by atoms with Crippen molar-refractivity contribution in [3.8, 4) is 55.6 Å². The van der Waals surface area contributed by atoms with Gasteiger partial charge >= 0.3 is 0 Å². The molecule has 67 heavy (non-hydrogen) atoms. The van der Waals surface area contributed by atoms with E-state index in [1.165, 1.54) is 111 Å². The van der Waals surface area contributed by atoms with Gasteiger partial charge in [-0.2, -0.15) is 0 Å². The van der Waals surface area contributed by atoms with Gasteiger partial charge in [0.2, 0.25) is 0 Å². The van der Waals surface area contributed by atoms with E-state index in [0.29, 0.717) is 0 Å². The molecule has 1 radical (unpaired) electrons. The summed E-state index contributed by atoms with van der Waals surface area (Å²) in [4.78, 5) is 2.70. The summed E-state index contributed by atoms with van der Waals surface area (Å²) in [5.74, 6) is 0. The lowest BCUT2D eigenvalue weighted by molar-refractivity contribution is 0.332. The number of fused-ring (bicyclic) bond motifs is 9. The molecule has 9 aromatic rings. The molecule has 1 unspecified atom stereocenters. The van der Waals surface area contributed by atoms with Gasteiger partial charge in [0.15, 0.2) is 7.28 Å². The summed E-state index contributed by atoms with van der Waals surface area (Å²) in [6.45, 7) is 12.3. The Morgan fingerprint density at radius 2 is 0.940 bits per heavy atom. The van der Waals surface area contributed by atoms with Crippen LogP contribution in [0.2, 0.25) is 0 Å². The van der Waals surface area contributed by atoms with E-state index in [-0.39, 0.29) is 10.8 Å². The molecule has 13 rings (SSSR count). The fourth-order valence-electron chi connectivity index (χ4n) is 12.4. The van der Waals surface area contributed by atoms with Crippen molar-refractivity contribution in [2.45, 2.75) is 63.7 Å². The molecule has 0 aromatic heterocycles. The highest BCUT2D eigenvalue weighted by atomic mass is 15.2. The number of nitrogens with one attached hydrogen (secondary N) is 1. The summed E-state index contributed by atoms with van der Waals surface area (Å²) >= 11 is 0. The maximum Gasteiger partial charge on any atom is 0.197 e. The Balaban J connectivity index is 1.13. The van der Waals surface area contributed by atoms with Crippen molar-refractivity contribution in [3.63, 3.8) is 0 Å². The SMILES string of the molecule is CC1(C)CCC(C)(C)c2cc(-c3cc4c5c6c3[B]c3cccc(-c7ccccc7)c3N6c3c(-c6ccccc6)cccc3C5(C)c3ccccc3-4)c(Nc3ccc(-c4ccccc4)cc3)cc21. The molecule has 0 fully saturated rings. The number of rotatable bonds is 6. The number of anilines is 5. The van der Waals surface area contributed by atoms with Crippen LogP contribution in [-0.4, -0.2) is 7.28 Å². The Kier molecular flexibility index (Phi) is 8.69. The molecule has 1 N–H and O–H groups in total. The van der Waals surface area contributed by atoms with Gasteiger partial charge in [-0.05, 0) is 133 Å². The van der Waals surface area contributed by atoms with Crippen LogP contribution < -0.4 is 21.1 Å². The minimum atomic E-state index is -0.401. The van der Waals surface area contributed by atoms with E-state index >= 15 is 0 Å². The predicted molar refractivity (Wildman–Crippen MR) is 284 cm³/mol. The monoisotopic (exact) mass is 859 g/mol. The summed E-state index contributed by atoms with van der Waals surface area (Å²) < 4.78 is 0. The molecule has 1 atom stereocenters. The zero-order valence-corrected chi connectivity index (χ0v) is 38.9. The first-order valence-electron chi connectivity index (χ1n) is 24.1. The van der Waals surface area contributed by atoms with Gasteiger partial charge in [0.25, 0.3) is 0 Å². The fourth-order valence-corrected chi connectivity index (χ4v) is 12.4. The Bertz CT molecular complexity index is 3460. The second-order valence-corrected chi connectivity index (χ2v) is 20.7. The van der Waals surface area contributed by atoms with Crippen molar-refractivity contribution in [1.82, 2.24) is 0 Å². The van der Waals surface area contributed by atoms with Crippen LogP contribution in [-0.2, 0) is 16.2 Å². The average molecular weight is 860 g/mol. The predicted octanol–water partition coefficient (Wildman–Crippen LogP) is 15.5. The second-order valence-electron chi connectivity index (χ2n) is 20.7. The van der Waals surface area contributed by atoms with E-state index in [1.807, 2.05) is 0 Å². The van der Waals surface area contributed by atoms with E-state index in [9.17, 15) is 0 Å². The molecule has 2 aliphatic carbocycles. The summed E-state index contributed by atoms with van der Waals surface area (Å²) in [6, 6.07) is 72.5. The second kappa shape index (κ2) is 14.6. The van der Waals surface area contributed by atoms with Crippen molar-refractivity contribution < 1.29 is 0 Å². The molecule has 2 aliphatic heterocycles. The van der Waals surface area contributed by atoms with Crippen molar-refractivity contribution in [2.24, 2.45) is 0 Å². The van der Waals surface area contributed by atoms with E-state index in [4.69, 9.17) is 0 Å². The molecule has 3 heteroatoms. The molecule has 2 nitrogen and oxygen atoms in total. The van der Waals surface area contributed by atoms with Gasteiger partial charge < -0.3 is 10.2 Å². The van der Waals surface area contributed by atoms with Crippen LogP contribution in [0, 0.1) is 0 Å². The van der Waals surface area contributed by atoms with Crippen LogP contribution in [0.15, 0.2) is 194 Å². The van der Waals surface area contributed by atoms with Crippen LogP contribution in [0.5, 0.6) is 0 Å². The van der Waals surface area contributed by atoms with Gasteiger partial charge in [0.05, 0.1) is 5.69 Å². The van der Waals surface area contributed by atoms with Crippen molar-refractivity contribution >= 4 is 46.6 Å². The first-order valence-corrected chi connectivity index (χ1v) is 24.1. The lowest BCUT2D eigenvalue weighted by Crippen LogP contribution is -2.46. The molecule has 9 aromatic carbocycles. The standard InChI is InChI=1S/C64H52BN2/c1-62(2)35-36-63(3,4)54-39-56(66-44-33-31-41(32-34-44)40-19-9-6-10-20-40)48(38-53(54)62)50-37-49-47-25-15-16-28-51(47)64(5)52-29-17-26-45(42-21-11-7-12-22-42)59(52)67-60-46(43-23-13-8-14-24-43)27-18-30-55(60)65-58(50)61(67)57(49)64/h6-34,37-39,66H,35-36H2,1-5H3. The highest BCUT2D eigenvalue weighted by Crippen LogP contribution is 2.65. The number of hydrogen-bond donors (Lipinski definition) is 1. The zero-order valence-electron chi connectivity index (χ0n) is 38.9. The lowest BCUT2D eigenvalue weighted by Gasteiger charge is -2.48. The quantitative estimate of drug-likeness (QED) is 0.168. The van der Waals surface area contributed by atoms with E-state index in [2.05, 4.69) is 246 Å². The van der Waals surface area contributed by atoms with Gasteiger partial charge in [0, 0.05) is 44.9 Å². The molecule has 2 heterocycles. The lowest BCUT2D eigenvalue weighted by atomic mass is 9.54. The Morgan fingerprint density at radius 3 is 1.61 bits per heavy atom. The fraction of sp³-hybridized carbons (Fsp3) is 0.156. The minimum Gasteiger partial charge on any atom is -0.355 e. The summed E-state index contributed by atoms with van der Waals surface area (Å²) in [5.41, 5.74) is 27.5. The van der Waals surface area contributed by atoms with Crippen LogP contribution >= 0.6 is 0 Å². The number of para-hydroxylation sites is 2. The molecule has 0 spiro atoms. The third-order valence-electron chi connectivity index (χ3n) is 15.9. The smallest absolute Gasteiger partial charge is 0.197 e. The van der Waals surface area contributed by atoms with Crippen LogP contribution in [0.3, 0.4) is 0 Å². The van der Waals surface area contributed by atoms with E-state index in [0.717, 1.165) is 24.2 Å². The van der Waals surface area contributed by atoms with Gasteiger partial charge in [-0.25, -0.2) is 0 Å². The largest absolute Gasteiger partial charge is 0.355 e. The molecule has 0 saturated carbocycles. The van der Waals surface area contributed by atoms with Gasteiger partial charge in [-0.1, -0.05) is 197 Å². The Hall–Kier alpha value is -7.36. The summed E-state index contributed by atoms with van der Waals surface area (Å²) in [5, 5.41) is 4.07. The normalized spacial score (nSPS) is 17.3. The van der Waals surface area contributed by atoms with Gasteiger partial charge in [-0.3, -0.25) is 0 Å². The van der Waals surface area contributed by atoms with Crippen LogP contribution in [0.25, 0.3) is 55.6 Å².